The molecule has 0 aromatic carbocycles. The van der Waals surface area contributed by atoms with E-state index in [0.717, 1.165) is 56.2 Å². The van der Waals surface area contributed by atoms with Crippen LogP contribution in [-0.4, -0.2) is 52.2 Å². The summed E-state index contributed by atoms with van der Waals surface area (Å²) in [5.74, 6) is 0.504. The number of ether oxygens (including phenoxy) is 2. The van der Waals surface area contributed by atoms with Gasteiger partial charge in [0.2, 0.25) is 0 Å². The molecule has 2 aromatic heterocycles. The molecule has 5 heterocycles. The number of thiophene rings is 1. The summed E-state index contributed by atoms with van der Waals surface area (Å²) in [5.41, 5.74) is 1.13. The van der Waals surface area contributed by atoms with Gasteiger partial charge in [-0.1, -0.05) is 0 Å². The number of fused-ring (bicyclic) bond motifs is 2. The van der Waals surface area contributed by atoms with Crippen LogP contribution < -0.4 is 0 Å². The molecule has 5 rings (SSSR count). The number of aliphatic hydroxyl groups is 1. The molecule has 34 heavy (non-hydrogen) atoms. The fraction of sp³-hybridized carbons (Fsp3) is 0.708. The van der Waals surface area contributed by atoms with Crippen molar-refractivity contribution in [3.63, 3.8) is 0 Å². The van der Waals surface area contributed by atoms with Gasteiger partial charge in [-0.15, -0.1) is 11.3 Å². The minimum atomic E-state index is -4.46. The highest BCUT2D eigenvalue weighted by atomic mass is 32.1. The maximum absolute atomic E-state index is 13.6. The highest BCUT2D eigenvalue weighted by Gasteiger charge is 2.48. The molecule has 2 aromatic rings. The SMILES string of the molecule is C[C@H]1C[C@@]2(CCN1Cc1cnn(CC3CCCOC3)c1)OCCc1c2sc(C(F)(F)F)c1CO. The van der Waals surface area contributed by atoms with Crippen molar-refractivity contribution < 1.29 is 27.8 Å². The molecule has 3 atom stereocenters. The van der Waals surface area contributed by atoms with Gasteiger partial charge in [-0.05, 0) is 44.6 Å². The molecule has 3 aliphatic heterocycles. The summed E-state index contributed by atoms with van der Waals surface area (Å²) >= 11 is 0.774. The lowest BCUT2D eigenvalue weighted by Gasteiger charge is -2.47. The molecule has 6 nitrogen and oxygen atoms in total. The fourth-order valence-electron chi connectivity index (χ4n) is 5.81. The highest BCUT2D eigenvalue weighted by molar-refractivity contribution is 7.12. The van der Waals surface area contributed by atoms with Crippen LogP contribution in [0, 0.1) is 5.92 Å². The van der Waals surface area contributed by atoms with E-state index < -0.39 is 23.3 Å². The summed E-state index contributed by atoms with van der Waals surface area (Å²) in [5, 5.41) is 14.3. The van der Waals surface area contributed by atoms with E-state index >= 15 is 0 Å². The van der Waals surface area contributed by atoms with E-state index in [9.17, 15) is 18.3 Å². The van der Waals surface area contributed by atoms with Crippen LogP contribution in [0.3, 0.4) is 0 Å². The van der Waals surface area contributed by atoms with Crippen LogP contribution in [0.25, 0.3) is 0 Å². The maximum atomic E-state index is 13.6. The van der Waals surface area contributed by atoms with Crippen molar-refractivity contribution in [2.24, 2.45) is 5.92 Å². The van der Waals surface area contributed by atoms with Gasteiger partial charge in [0.15, 0.2) is 0 Å². The van der Waals surface area contributed by atoms with Gasteiger partial charge >= 0.3 is 6.18 Å². The van der Waals surface area contributed by atoms with Gasteiger partial charge in [-0.2, -0.15) is 18.3 Å². The van der Waals surface area contributed by atoms with Crippen molar-refractivity contribution >= 4 is 11.3 Å². The van der Waals surface area contributed by atoms with Crippen LogP contribution in [-0.2, 0) is 47.4 Å². The van der Waals surface area contributed by atoms with E-state index in [4.69, 9.17) is 9.47 Å². The average Bonchev–Trinajstić information content (AvgIpc) is 3.41. The van der Waals surface area contributed by atoms with Gasteiger partial charge in [0.1, 0.15) is 10.5 Å². The number of likely N-dealkylation sites (tertiary alicyclic amines) is 1. The minimum absolute atomic E-state index is 0.0426. The second-order valence-electron chi connectivity index (χ2n) is 9.89. The number of aliphatic hydroxyl groups excluding tert-OH is 1. The highest BCUT2D eigenvalue weighted by Crippen LogP contribution is 2.51. The number of aromatic nitrogens is 2. The topological polar surface area (TPSA) is 59.8 Å². The van der Waals surface area contributed by atoms with Crippen LogP contribution in [0.15, 0.2) is 12.4 Å². The molecule has 0 amide bonds. The Hall–Kier alpha value is -1.46. The Morgan fingerprint density at radius 3 is 2.88 bits per heavy atom. The quantitative estimate of drug-likeness (QED) is 0.664. The summed E-state index contributed by atoms with van der Waals surface area (Å²) in [7, 11) is 0. The first-order valence-electron chi connectivity index (χ1n) is 12.1. The van der Waals surface area contributed by atoms with Gasteiger partial charge in [0.05, 0.1) is 26.0 Å². The zero-order valence-electron chi connectivity index (χ0n) is 19.4. The number of piperidine rings is 1. The molecule has 3 aliphatic rings. The van der Waals surface area contributed by atoms with E-state index in [1.807, 2.05) is 10.9 Å². The van der Waals surface area contributed by atoms with Gasteiger partial charge < -0.3 is 14.6 Å². The normalized spacial score (nSPS) is 28.4. The minimum Gasteiger partial charge on any atom is -0.392 e. The van der Waals surface area contributed by atoms with Gasteiger partial charge in [-0.25, -0.2) is 0 Å². The summed E-state index contributed by atoms with van der Waals surface area (Å²) in [6, 6.07) is 0.142. The molecule has 188 valence electrons. The summed E-state index contributed by atoms with van der Waals surface area (Å²) < 4.78 is 54.7. The van der Waals surface area contributed by atoms with E-state index in [2.05, 4.69) is 23.1 Å². The average molecular weight is 500 g/mol. The number of hydrogen-bond acceptors (Lipinski definition) is 6. The summed E-state index contributed by atoms with van der Waals surface area (Å²) in [6.45, 7) is 5.91. The van der Waals surface area contributed by atoms with Gasteiger partial charge in [-0.3, -0.25) is 9.58 Å². The predicted octanol–water partition coefficient (Wildman–Crippen LogP) is 4.33. The predicted molar refractivity (Wildman–Crippen MR) is 121 cm³/mol. The molecule has 0 radical (unpaired) electrons. The van der Waals surface area contributed by atoms with Crippen LogP contribution in [0.4, 0.5) is 13.2 Å². The number of halogens is 3. The molecule has 10 heteroatoms. The van der Waals surface area contributed by atoms with Gasteiger partial charge in [0.25, 0.3) is 0 Å². The van der Waals surface area contributed by atoms with Crippen LogP contribution in [0.5, 0.6) is 0 Å². The first-order valence-corrected chi connectivity index (χ1v) is 12.9. The summed E-state index contributed by atoms with van der Waals surface area (Å²) in [6.07, 6.45) is 3.52. The van der Waals surface area contributed by atoms with Crippen molar-refractivity contribution in [2.45, 2.75) is 76.5 Å². The van der Waals surface area contributed by atoms with Crippen molar-refractivity contribution in [1.29, 1.82) is 0 Å². The summed E-state index contributed by atoms with van der Waals surface area (Å²) in [4.78, 5) is 2.36. The Kier molecular flexibility index (Phi) is 6.80. The molecule has 1 N–H and O–H groups in total. The Morgan fingerprint density at radius 2 is 2.18 bits per heavy atom. The lowest BCUT2D eigenvalue weighted by Crippen LogP contribution is -2.50. The molecule has 1 spiro atoms. The molecular formula is C24H32F3N3O3S. The third-order valence-electron chi connectivity index (χ3n) is 7.50. The molecule has 1 unspecified atom stereocenters. The third-order valence-corrected chi connectivity index (χ3v) is 9.00. The fourth-order valence-corrected chi connectivity index (χ4v) is 7.22. The number of nitrogens with zero attached hydrogens (tertiary/aromatic N) is 3. The molecule has 0 aliphatic carbocycles. The third kappa shape index (κ3) is 4.67. The van der Waals surface area contributed by atoms with Crippen molar-refractivity contribution in [3.8, 4) is 0 Å². The Morgan fingerprint density at radius 1 is 1.32 bits per heavy atom. The Bertz CT molecular complexity index is 1000. The molecule has 0 saturated carbocycles. The second kappa shape index (κ2) is 9.54. The largest absolute Gasteiger partial charge is 0.425 e. The van der Waals surface area contributed by atoms with E-state index in [1.165, 1.54) is 6.42 Å². The lowest BCUT2D eigenvalue weighted by molar-refractivity contribution is -0.135. The standard InChI is InChI=1S/C24H32F3N3O3S/c1-16-9-23(21-19(4-8-33-23)20(14-31)22(34-21)24(25,26)27)5-6-29(16)11-18-10-28-30(13-18)12-17-3-2-7-32-15-17/h10,13,16-17,31H,2-9,11-12,14-15H2,1H3/t16-,17?,23+/m0/s1. The van der Waals surface area contributed by atoms with Gasteiger partial charge in [0, 0.05) is 60.4 Å². The van der Waals surface area contributed by atoms with Crippen molar-refractivity contribution in [3.05, 3.63) is 38.8 Å². The lowest BCUT2D eigenvalue weighted by atomic mass is 9.81. The number of hydrogen-bond donors (Lipinski definition) is 1. The Labute approximate surface area is 201 Å². The molecule has 0 bridgehead atoms. The number of alkyl halides is 3. The first kappa shape index (κ1) is 24.2. The second-order valence-corrected chi connectivity index (χ2v) is 10.9. The van der Waals surface area contributed by atoms with E-state index in [0.29, 0.717) is 42.2 Å². The van der Waals surface area contributed by atoms with E-state index in [-0.39, 0.29) is 11.6 Å². The molecule has 2 saturated heterocycles. The molecular weight excluding hydrogens is 467 g/mol. The zero-order valence-corrected chi connectivity index (χ0v) is 20.3. The van der Waals surface area contributed by atoms with E-state index in [1.54, 1.807) is 0 Å². The smallest absolute Gasteiger partial charge is 0.392 e. The zero-order chi connectivity index (χ0) is 23.9. The Balaban J connectivity index is 1.28. The maximum Gasteiger partial charge on any atom is 0.425 e. The van der Waals surface area contributed by atoms with Crippen LogP contribution in [0.1, 0.15) is 59.1 Å². The number of rotatable bonds is 5. The van der Waals surface area contributed by atoms with Crippen LogP contribution >= 0.6 is 11.3 Å². The monoisotopic (exact) mass is 499 g/mol. The van der Waals surface area contributed by atoms with Crippen LogP contribution in [0.2, 0.25) is 0 Å². The first-order chi connectivity index (χ1) is 16.3. The van der Waals surface area contributed by atoms with Crippen molar-refractivity contribution in [2.75, 3.05) is 26.4 Å². The van der Waals surface area contributed by atoms with Crippen molar-refractivity contribution in [1.82, 2.24) is 14.7 Å². The molecule has 2 fully saturated rings.